The Bertz CT molecular complexity index is 271. The summed E-state index contributed by atoms with van der Waals surface area (Å²) < 4.78 is 0. The molecule has 3 aliphatic heterocycles. The third-order valence-electron chi connectivity index (χ3n) is 4.74. The van der Waals surface area contributed by atoms with Crippen LogP contribution in [0.5, 0.6) is 0 Å². The van der Waals surface area contributed by atoms with Gasteiger partial charge in [-0.1, -0.05) is 6.58 Å². The van der Waals surface area contributed by atoms with Crippen LogP contribution in [0.1, 0.15) is 25.7 Å². The summed E-state index contributed by atoms with van der Waals surface area (Å²) in [5.74, 6) is 0.746. The van der Waals surface area contributed by atoms with Crippen LogP contribution in [-0.2, 0) is 0 Å². The second-order valence-electron chi connectivity index (χ2n) is 5.82. The second kappa shape index (κ2) is 4.99. The summed E-state index contributed by atoms with van der Waals surface area (Å²) in [6.45, 7) is 11.8. The molecule has 0 saturated carbocycles. The maximum absolute atomic E-state index is 4.34. The van der Waals surface area contributed by atoms with Gasteiger partial charge in [0.05, 0.1) is 0 Å². The van der Waals surface area contributed by atoms with E-state index in [-0.39, 0.29) is 0 Å². The van der Waals surface area contributed by atoms with Gasteiger partial charge in [0.1, 0.15) is 0 Å². The number of hydrogen-bond acceptors (Lipinski definition) is 3. The quantitative estimate of drug-likeness (QED) is 0.795. The smallest absolute Gasteiger partial charge is 0.0446 e. The zero-order valence-electron chi connectivity index (χ0n) is 10.8. The lowest BCUT2D eigenvalue weighted by atomic mass is 9.92. The fourth-order valence-corrected chi connectivity index (χ4v) is 3.44. The van der Waals surface area contributed by atoms with Crippen LogP contribution in [0.4, 0.5) is 0 Å². The van der Waals surface area contributed by atoms with Gasteiger partial charge in [-0.25, -0.2) is 0 Å². The average molecular weight is 235 g/mol. The van der Waals surface area contributed by atoms with Crippen molar-refractivity contribution in [3.05, 3.63) is 12.3 Å². The molecule has 0 spiro atoms. The molecule has 1 N–H and O–H groups in total. The summed E-state index contributed by atoms with van der Waals surface area (Å²) in [5.41, 5.74) is 1.42. The van der Waals surface area contributed by atoms with E-state index in [1.807, 2.05) is 0 Å². The number of likely N-dealkylation sites (tertiary alicyclic amines) is 2. The molecule has 0 unspecified atom stereocenters. The maximum Gasteiger partial charge on any atom is 0.0446 e. The fraction of sp³-hybridized carbons (Fsp3) is 0.857. The largest absolute Gasteiger partial charge is 0.372 e. The van der Waals surface area contributed by atoms with Gasteiger partial charge in [0, 0.05) is 30.7 Å². The highest BCUT2D eigenvalue weighted by Gasteiger charge is 2.35. The molecule has 3 heterocycles. The maximum atomic E-state index is 4.34. The Labute approximate surface area is 105 Å². The molecule has 0 radical (unpaired) electrons. The van der Waals surface area contributed by atoms with Crippen molar-refractivity contribution in [2.45, 2.75) is 31.7 Å². The van der Waals surface area contributed by atoms with Gasteiger partial charge in [-0.3, -0.25) is 4.90 Å². The summed E-state index contributed by atoms with van der Waals surface area (Å²) in [5, 5.41) is 3.43. The third-order valence-corrected chi connectivity index (χ3v) is 4.74. The van der Waals surface area contributed by atoms with Crippen molar-refractivity contribution in [3.8, 4) is 0 Å². The van der Waals surface area contributed by atoms with Gasteiger partial charge in [0.25, 0.3) is 0 Å². The van der Waals surface area contributed by atoms with Crippen molar-refractivity contribution in [1.82, 2.24) is 15.1 Å². The van der Waals surface area contributed by atoms with E-state index >= 15 is 0 Å². The molecular weight excluding hydrogens is 210 g/mol. The molecule has 3 aliphatic rings. The van der Waals surface area contributed by atoms with Crippen LogP contribution in [0.15, 0.2) is 12.3 Å². The van der Waals surface area contributed by atoms with E-state index in [2.05, 4.69) is 21.7 Å². The molecule has 0 aromatic carbocycles. The molecule has 0 aromatic rings. The SMILES string of the molecule is C=C(C1CCNCC1)N1CC(N2CCCC2)C1. The molecule has 0 bridgehead atoms. The number of rotatable bonds is 3. The summed E-state index contributed by atoms with van der Waals surface area (Å²) in [6.07, 6.45) is 5.38. The number of nitrogens with zero attached hydrogens (tertiary/aromatic N) is 2. The van der Waals surface area contributed by atoms with Gasteiger partial charge >= 0.3 is 0 Å². The predicted molar refractivity (Wildman–Crippen MR) is 70.9 cm³/mol. The Hall–Kier alpha value is -0.540. The predicted octanol–water partition coefficient (Wildman–Crippen LogP) is 1.28. The first kappa shape index (κ1) is 11.5. The monoisotopic (exact) mass is 235 g/mol. The Kier molecular flexibility index (Phi) is 3.39. The Morgan fingerprint density at radius 3 is 2.35 bits per heavy atom. The zero-order valence-corrected chi connectivity index (χ0v) is 10.8. The van der Waals surface area contributed by atoms with Crippen LogP contribution in [0.25, 0.3) is 0 Å². The van der Waals surface area contributed by atoms with Crippen molar-refractivity contribution in [2.75, 3.05) is 39.3 Å². The topological polar surface area (TPSA) is 18.5 Å². The van der Waals surface area contributed by atoms with Gasteiger partial charge in [0.2, 0.25) is 0 Å². The molecule has 0 amide bonds. The van der Waals surface area contributed by atoms with Crippen molar-refractivity contribution < 1.29 is 0 Å². The van der Waals surface area contributed by atoms with Crippen molar-refractivity contribution in [1.29, 1.82) is 0 Å². The number of piperidine rings is 1. The number of hydrogen-bond donors (Lipinski definition) is 1. The Morgan fingerprint density at radius 1 is 1.06 bits per heavy atom. The first-order chi connectivity index (χ1) is 8.34. The van der Waals surface area contributed by atoms with Gasteiger partial charge in [-0.2, -0.15) is 0 Å². The summed E-state index contributed by atoms with van der Waals surface area (Å²) in [6, 6.07) is 0.830. The number of allylic oxidation sites excluding steroid dienone is 1. The van der Waals surface area contributed by atoms with E-state index in [0.717, 1.165) is 12.0 Å². The van der Waals surface area contributed by atoms with Crippen LogP contribution >= 0.6 is 0 Å². The summed E-state index contributed by atoms with van der Waals surface area (Å²) in [4.78, 5) is 5.20. The van der Waals surface area contributed by atoms with Crippen LogP contribution < -0.4 is 5.32 Å². The molecule has 0 aliphatic carbocycles. The van der Waals surface area contributed by atoms with Crippen LogP contribution in [0.3, 0.4) is 0 Å². The first-order valence-corrected chi connectivity index (χ1v) is 7.23. The second-order valence-corrected chi connectivity index (χ2v) is 5.82. The molecular formula is C14H25N3. The lowest BCUT2D eigenvalue weighted by molar-refractivity contribution is 0.0638. The molecule has 0 aromatic heterocycles. The Morgan fingerprint density at radius 2 is 1.71 bits per heavy atom. The van der Waals surface area contributed by atoms with Gasteiger partial charge in [0.15, 0.2) is 0 Å². The van der Waals surface area contributed by atoms with Gasteiger partial charge in [-0.05, 0) is 51.9 Å². The highest BCUT2D eigenvalue weighted by molar-refractivity contribution is 5.08. The van der Waals surface area contributed by atoms with Gasteiger partial charge in [-0.15, -0.1) is 0 Å². The zero-order chi connectivity index (χ0) is 11.7. The highest BCUT2D eigenvalue weighted by atomic mass is 15.3. The molecule has 3 rings (SSSR count). The van der Waals surface area contributed by atoms with Crippen LogP contribution in [0.2, 0.25) is 0 Å². The van der Waals surface area contributed by atoms with Crippen molar-refractivity contribution in [3.63, 3.8) is 0 Å². The van der Waals surface area contributed by atoms with E-state index in [0.29, 0.717) is 0 Å². The minimum Gasteiger partial charge on any atom is -0.372 e. The average Bonchev–Trinajstić information content (AvgIpc) is 2.82. The van der Waals surface area contributed by atoms with E-state index in [1.54, 1.807) is 0 Å². The minimum absolute atomic E-state index is 0.746. The number of nitrogens with one attached hydrogen (secondary N) is 1. The lowest BCUT2D eigenvalue weighted by Gasteiger charge is -2.48. The van der Waals surface area contributed by atoms with Gasteiger partial charge < -0.3 is 10.2 Å². The van der Waals surface area contributed by atoms with Crippen LogP contribution in [-0.4, -0.2) is 55.1 Å². The Balaban J connectivity index is 1.46. The third kappa shape index (κ3) is 2.36. The highest BCUT2D eigenvalue weighted by Crippen LogP contribution is 2.29. The molecule has 0 atom stereocenters. The molecule has 3 heteroatoms. The molecule has 3 nitrogen and oxygen atoms in total. The molecule has 3 fully saturated rings. The molecule has 17 heavy (non-hydrogen) atoms. The fourth-order valence-electron chi connectivity index (χ4n) is 3.44. The molecule has 3 saturated heterocycles. The standard InChI is InChI=1S/C14H25N3/c1-12(13-4-6-15-7-5-13)17-10-14(11-17)16-8-2-3-9-16/h13-15H,1-11H2. The van der Waals surface area contributed by atoms with Crippen molar-refractivity contribution in [2.24, 2.45) is 5.92 Å². The van der Waals surface area contributed by atoms with E-state index in [9.17, 15) is 0 Å². The minimum atomic E-state index is 0.746. The van der Waals surface area contributed by atoms with E-state index < -0.39 is 0 Å². The van der Waals surface area contributed by atoms with Crippen LogP contribution in [0, 0.1) is 5.92 Å². The molecule has 96 valence electrons. The summed E-state index contributed by atoms with van der Waals surface area (Å²) >= 11 is 0. The van der Waals surface area contributed by atoms with E-state index in [1.165, 1.54) is 70.6 Å². The van der Waals surface area contributed by atoms with E-state index in [4.69, 9.17) is 0 Å². The first-order valence-electron chi connectivity index (χ1n) is 7.23. The lowest BCUT2D eigenvalue weighted by Crippen LogP contribution is -2.58. The normalized spacial score (nSPS) is 28.4. The van der Waals surface area contributed by atoms with Crippen molar-refractivity contribution >= 4 is 0 Å². The summed E-state index contributed by atoms with van der Waals surface area (Å²) in [7, 11) is 0.